The van der Waals surface area contributed by atoms with Gasteiger partial charge in [0, 0.05) is 19.2 Å². The van der Waals surface area contributed by atoms with E-state index in [9.17, 15) is 4.39 Å². The summed E-state index contributed by atoms with van der Waals surface area (Å²) >= 11 is 1.98. The molecule has 1 aliphatic rings. The van der Waals surface area contributed by atoms with Crippen molar-refractivity contribution >= 4 is 34.0 Å². The van der Waals surface area contributed by atoms with E-state index in [1.807, 2.05) is 22.6 Å². The number of benzene rings is 1. The predicted molar refractivity (Wildman–Crippen MR) is 83.4 cm³/mol. The fourth-order valence-corrected chi connectivity index (χ4v) is 3.28. The summed E-state index contributed by atoms with van der Waals surface area (Å²) in [6.07, 6.45) is 3.52. The second kappa shape index (κ2) is 5.23. The van der Waals surface area contributed by atoms with E-state index >= 15 is 0 Å². The van der Waals surface area contributed by atoms with E-state index in [0.29, 0.717) is 14.7 Å². The smallest absolute Gasteiger partial charge is 0.138 e. The summed E-state index contributed by atoms with van der Waals surface area (Å²) < 4.78 is 14.3. The van der Waals surface area contributed by atoms with E-state index in [-0.39, 0.29) is 5.82 Å². The van der Waals surface area contributed by atoms with E-state index in [1.54, 1.807) is 12.1 Å². The minimum absolute atomic E-state index is 0.176. The molecular weight excluding hydrogens is 342 g/mol. The minimum atomic E-state index is -0.176. The average Bonchev–Trinajstić information content (AvgIpc) is 2.79. The molecule has 0 aliphatic carbocycles. The summed E-state index contributed by atoms with van der Waals surface area (Å²) in [6, 6.07) is 3.31. The van der Waals surface area contributed by atoms with Gasteiger partial charge in [0.2, 0.25) is 0 Å². The Labute approximate surface area is 122 Å². The van der Waals surface area contributed by atoms with Crippen LogP contribution >= 0.6 is 22.6 Å². The zero-order chi connectivity index (χ0) is 13.3. The molecule has 0 amide bonds. The number of nitrogens with zero attached hydrogens (tertiary/aromatic N) is 1. The molecular formula is C14H20FIN2. The van der Waals surface area contributed by atoms with Gasteiger partial charge in [0.1, 0.15) is 5.82 Å². The molecule has 1 aromatic rings. The third-order valence-electron chi connectivity index (χ3n) is 4.35. The van der Waals surface area contributed by atoms with Crippen LogP contribution in [0.1, 0.15) is 33.1 Å². The first-order chi connectivity index (χ1) is 8.51. The van der Waals surface area contributed by atoms with Gasteiger partial charge in [0.25, 0.3) is 0 Å². The van der Waals surface area contributed by atoms with Crippen molar-refractivity contribution in [2.75, 3.05) is 23.7 Å². The van der Waals surface area contributed by atoms with Gasteiger partial charge in [-0.25, -0.2) is 4.39 Å². The van der Waals surface area contributed by atoms with Gasteiger partial charge in [0.05, 0.1) is 14.9 Å². The highest BCUT2D eigenvalue weighted by atomic mass is 127. The van der Waals surface area contributed by atoms with E-state index in [0.717, 1.165) is 18.8 Å². The molecule has 1 aliphatic heterocycles. The number of anilines is 2. The number of hydrogen-bond acceptors (Lipinski definition) is 2. The fraction of sp³-hybridized carbons (Fsp3) is 0.571. The molecule has 0 saturated carbocycles. The minimum Gasteiger partial charge on any atom is -0.397 e. The highest BCUT2D eigenvalue weighted by Crippen LogP contribution is 2.40. The third kappa shape index (κ3) is 2.44. The number of halogens is 2. The van der Waals surface area contributed by atoms with Gasteiger partial charge in [-0.05, 0) is 53.3 Å². The molecule has 0 radical (unpaired) electrons. The Kier molecular flexibility index (Phi) is 4.04. The Morgan fingerprint density at radius 1 is 1.39 bits per heavy atom. The van der Waals surface area contributed by atoms with Crippen LogP contribution in [0.25, 0.3) is 0 Å². The maximum absolute atomic E-state index is 13.7. The van der Waals surface area contributed by atoms with Crippen molar-refractivity contribution in [1.29, 1.82) is 0 Å². The first kappa shape index (κ1) is 13.9. The molecule has 0 atom stereocenters. The highest BCUT2D eigenvalue weighted by molar-refractivity contribution is 14.1. The second-order valence-electron chi connectivity index (χ2n) is 5.20. The molecule has 2 N–H and O–H groups in total. The van der Waals surface area contributed by atoms with Crippen LogP contribution < -0.4 is 10.6 Å². The number of rotatable bonds is 3. The van der Waals surface area contributed by atoms with E-state index in [4.69, 9.17) is 5.73 Å². The summed E-state index contributed by atoms with van der Waals surface area (Å²) in [5.41, 5.74) is 7.95. The Balaban J connectivity index is 2.27. The standard InChI is InChI=1S/C14H20FIN2/c1-3-14(4-2)5-6-18(9-14)13-7-10(15)11(16)8-12(13)17/h7-8H,3-6,9,17H2,1-2H3. The first-order valence-corrected chi connectivity index (χ1v) is 7.58. The Bertz CT molecular complexity index is 444. The molecule has 0 aromatic heterocycles. The first-order valence-electron chi connectivity index (χ1n) is 6.51. The van der Waals surface area contributed by atoms with Crippen LogP contribution in [0, 0.1) is 14.8 Å². The van der Waals surface area contributed by atoms with Crippen LogP contribution in [0.2, 0.25) is 0 Å². The number of hydrogen-bond donors (Lipinski definition) is 1. The van der Waals surface area contributed by atoms with Crippen molar-refractivity contribution < 1.29 is 4.39 Å². The quantitative estimate of drug-likeness (QED) is 0.650. The zero-order valence-electron chi connectivity index (χ0n) is 11.0. The lowest BCUT2D eigenvalue weighted by molar-refractivity contribution is 0.301. The van der Waals surface area contributed by atoms with Crippen molar-refractivity contribution in [3.8, 4) is 0 Å². The predicted octanol–water partition coefficient (Wildman–Crippen LogP) is 4.03. The summed E-state index contributed by atoms with van der Waals surface area (Å²) in [5, 5.41) is 0. The molecule has 18 heavy (non-hydrogen) atoms. The SMILES string of the molecule is CCC1(CC)CCN(c2cc(F)c(I)cc2N)C1. The van der Waals surface area contributed by atoms with Gasteiger partial charge in [-0.1, -0.05) is 13.8 Å². The van der Waals surface area contributed by atoms with Gasteiger partial charge in [-0.2, -0.15) is 0 Å². The number of nitrogens with two attached hydrogens (primary N) is 1. The van der Waals surface area contributed by atoms with E-state index in [1.165, 1.54) is 19.3 Å². The van der Waals surface area contributed by atoms with Crippen LogP contribution in [0.4, 0.5) is 15.8 Å². The second-order valence-corrected chi connectivity index (χ2v) is 6.37. The van der Waals surface area contributed by atoms with Crippen LogP contribution in [0.3, 0.4) is 0 Å². The topological polar surface area (TPSA) is 29.3 Å². The normalized spacial score (nSPS) is 18.3. The van der Waals surface area contributed by atoms with E-state index < -0.39 is 0 Å². The lowest BCUT2D eigenvalue weighted by Gasteiger charge is -2.27. The fourth-order valence-electron chi connectivity index (χ4n) is 2.79. The maximum atomic E-state index is 13.7. The highest BCUT2D eigenvalue weighted by Gasteiger charge is 2.35. The van der Waals surface area contributed by atoms with Crippen molar-refractivity contribution in [2.24, 2.45) is 5.41 Å². The molecule has 0 spiro atoms. The molecule has 1 saturated heterocycles. The van der Waals surface area contributed by atoms with Crippen molar-refractivity contribution in [3.05, 3.63) is 21.5 Å². The van der Waals surface area contributed by atoms with Crippen LogP contribution in [-0.2, 0) is 0 Å². The zero-order valence-corrected chi connectivity index (χ0v) is 13.1. The monoisotopic (exact) mass is 362 g/mol. The van der Waals surface area contributed by atoms with Gasteiger partial charge in [0.15, 0.2) is 0 Å². The summed E-state index contributed by atoms with van der Waals surface area (Å²) in [6.45, 7) is 6.45. The molecule has 0 bridgehead atoms. The van der Waals surface area contributed by atoms with Crippen molar-refractivity contribution in [1.82, 2.24) is 0 Å². The summed E-state index contributed by atoms with van der Waals surface area (Å²) in [4.78, 5) is 2.24. The van der Waals surface area contributed by atoms with Gasteiger partial charge >= 0.3 is 0 Å². The Hall–Kier alpha value is -0.520. The molecule has 1 heterocycles. The molecule has 1 fully saturated rings. The van der Waals surface area contributed by atoms with Gasteiger partial charge < -0.3 is 10.6 Å². The molecule has 0 unspecified atom stereocenters. The molecule has 2 nitrogen and oxygen atoms in total. The third-order valence-corrected chi connectivity index (χ3v) is 5.18. The lowest BCUT2D eigenvalue weighted by atomic mass is 9.82. The van der Waals surface area contributed by atoms with Crippen LogP contribution in [-0.4, -0.2) is 13.1 Å². The molecule has 1 aromatic carbocycles. The molecule has 100 valence electrons. The van der Waals surface area contributed by atoms with Gasteiger partial charge in [-0.3, -0.25) is 0 Å². The van der Waals surface area contributed by atoms with Crippen molar-refractivity contribution in [2.45, 2.75) is 33.1 Å². The van der Waals surface area contributed by atoms with Crippen LogP contribution in [0.5, 0.6) is 0 Å². The number of nitrogen functional groups attached to an aromatic ring is 1. The molecule has 4 heteroatoms. The Morgan fingerprint density at radius 3 is 2.61 bits per heavy atom. The summed E-state index contributed by atoms with van der Waals surface area (Å²) in [7, 11) is 0. The maximum Gasteiger partial charge on any atom is 0.138 e. The Morgan fingerprint density at radius 2 is 2.06 bits per heavy atom. The summed E-state index contributed by atoms with van der Waals surface area (Å²) in [5.74, 6) is -0.176. The lowest BCUT2D eigenvalue weighted by Crippen LogP contribution is -2.26. The molecule has 2 rings (SSSR count). The largest absolute Gasteiger partial charge is 0.397 e. The van der Waals surface area contributed by atoms with Crippen molar-refractivity contribution in [3.63, 3.8) is 0 Å². The van der Waals surface area contributed by atoms with Crippen LogP contribution in [0.15, 0.2) is 12.1 Å². The average molecular weight is 362 g/mol. The van der Waals surface area contributed by atoms with Gasteiger partial charge in [-0.15, -0.1) is 0 Å². The van der Waals surface area contributed by atoms with E-state index in [2.05, 4.69) is 18.7 Å².